The summed E-state index contributed by atoms with van der Waals surface area (Å²) >= 11 is 2.75. The van der Waals surface area contributed by atoms with Crippen LogP contribution in [-0.4, -0.2) is 21.0 Å². The SMILES string of the molecule is CCCCc1ccc(NC(=O)CSc2nc(-c3ccccc3C)ns2)cc1. The third-order valence-electron chi connectivity index (χ3n) is 4.18. The first-order valence-electron chi connectivity index (χ1n) is 9.07. The summed E-state index contributed by atoms with van der Waals surface area (Å²) in [6.45, 7) is 4.23. The van der Waals surface area contributed by atoms with Crippen LogP contribution < -0.4 is 5.32 Å². The number of thioether (sulfide) groups is 1. The molecule has 0 fully saturated rings. The van der Waals surface area contributed by atoms with E-state index in [0.29, 0.717) is 5.75 Å². The Morgan fingerprint density at radius 1 is 1.15 bits per heavy atom. The topological polar surface area (TPSA) is 54.9 Å². The fourth-order valence-corrected chi connectivity index (χ4v) is 4.07. The van der Waals surface area contributed by atoms with E-state index in [4.69, 9.17) is 0 Å². The molecule has 0 aliphatic carbocycles. The van der Waals surface area contributed by atoms with Gasteiger partial charge in [-0.15, -0.1) is 0 Å². The zero-order valence-electron chi connectivity index (χ0n) is 15.6. The Bertz CT molecular complexity index is 890. The first-order chi connectivity index (χ1) is 13.2. The van der Waals surface area contributed by atoms with Gasteiger partial charge in [0.15, 0.2) is 10.2 Å². The van der Waals surface area contributed by atoms with E-state index in [-0.39, 0.29) is 5.91 Å². The lowest BCUT2D eigenvalue weighted by Crippen LogP contribution is -2.13. The van der Waals surface area contributed by atoms with Gasteiger partial charge in [-0.3, -0.25) is 4.79 Å². The van der Waals surface area contributed by atoms with Crippen LogP contribution in [0.25, 0.3) is 11.4 Å². The van der Waals surface area contributed by atoms with E-state index < -0.39 is 0 Å². The normalized spacial score (nSPS) is 10.7. The summed E-state index contributed by atoms with van der Waals surface area (Å²) < 4.78 is 5.23. The van der Waals surface area contributed by atoms with Gasteiger partial charge in [0, 0.05) is 11.3 Å². The number of amides is 1. The average molecular weight is 398 g/mol. The van der Waals surface area contributed by atoms with Crippen LogP contribution >= 0.6 is 23.3 Å². The molecule has 0 saturated carbocycles. The molecule has 0 bridgehead atoms. The molecule has 0 radical (unpaired) electrons. The highest BCUT2D eigenvalue weighted by Gasteiger charge is 2.11. The second kappa shape index (κ2) is 9.67. The van der Waals surface area contributed by atoms with Crippen molar-refractivity contribution in [3.63, 3.8) is 0 Å². The minimum absolute atomic E-state index is 0.0334. The van der Waals surface area contributed by atoms with Crippen LogP contribution in [0.2, 0.25) is 0 Å². The minimum atomic E-state index is -0.0334. The van der Waals surface area contributed by atoms with E-state index in [1.54, 1.807) is 0 Å². The molecule has 1 aromatic heterocycles. The second-order valence-electron chi connectivity index (χ2n) is 6.34. The fraction of sp³-hybridized carbons (Fsp3) is 0.286. The quantitative estimate of drug-likeness (QED) is 0.504. The fourth-order valence-electron chi connectivity index (χ4n) is 2.66. The van der Waals surface area contributed by atoms with Gasteiger partial charge in [0.1, 0.15) is 0 Å². The van der Waals surface area contributed by atoms with Crippen molar-refractivity contribution < 1.29 is 4.79 Å². The van der Waals surface area contributed by atoms with Gasteiger partial charge in [0.2, 0.25) is 5.91 Å². The lowest BCUT2D eigenvalue weighted by molar-refractivity contribution is -0.113. The van der Waals surface area contributed by atoms with Crippen molar-refractivity contribution in [2.45, 2.75) is 37.4 Å². The van der Waals surface area contributed by atoms with Crippen molar-refractivity contribution in [1.29, 1.82) is 0 Å². The van der Waals surface area contributed by atoms with Crippen LogP contribution in [-0.2, 0) is 11.2 Å². The summed E-state index contributed by atoms with van der Waals surface area (Å²) in [5.41, 5.74) is 4.32. The molecule has 3 rings (SSSR count). The van der Waals surface area contributed by atoms with Crippen LogP contribution in [0.5, 0.6) is 0 Å². The van der Waals surface area contributed by atoms with Crippen molar-refractivity contribution >= 4 is 34.9 Å². The summed E-state index contributed by atoms with van der Waals surface area (Å²) in [6.07, 6.45) is 3.46. The molecular formula is C21H23N3OS2. The molecule has 1 N–H and O–H groups in total. The number of nitrogens with one attached hydrogen (secondary N) is 1. The molecular weight excluding hydrogens is 374 g/mol. The molecule has 0 saturated heterocycles. The zero-order valence-corrected chi connectivity index (χ0v) is 17.2. The van der Waals surface area contributed by atoms with Gasteiger partial charge in [-0.2, -0.15) is 4.37 Å². The van der Waals surface area contributed by atoms with Gasteiger partial charge in [0.05, 0.1) is 5.75 Å². The van der Waals surface area contributed by atoms with E-state index in [1.807, 2.05) is 43.3 Å². The zero-order chi connectivity index (χ0) is 19.1. The predicted molar refractivity (Wildman–Crippen MR) is 114 cm³/mol. The minimum Gasteiger partial charge on any atom is -0.325 e. The maximum absolute atomic E-state index is 12.2. The van der Waals surface area contributed by atoms with Gasteiger partial charge in [-0.1, -0.05) is 61.5 Å². The lowest BCUT2D eigenvalue weighted by Gasteiger charge is -2.06. The molecule has 0 spiro atoms. The number of rotatable bonds is 8. The monoisotopic (exact) mass is 397 g/mol. The van der Waals surface area contributed by atoms with Gasteiger partial charge in [0.25, 0.3) is 0 Å². The Morgan fingerprint density at radius 3 is 2.67 bits per heavy atom. The van der Waals surface area contributed by atoms with E-state index in [0.717, 1.165) is 33.4 Å². The molecule has 1 amide bonds. The largest absolute Gasteiger partial charge is 0.325 e. The molecule has 2 aromatic carbocycles. The second-order valence-corrected chi connectivity index (χ2v) is 8.31. The Morgan fingerprint density at radius 2 is 1.93 bits per heavy atom. The van der Waals surface area contributed by atoms with E-state index in [9.17, 15) is 4.79 Å². The number of carbonyl (C=O) groups is 1. The molecule has 140 valence electrons. The summed E-state index contributed by atoms with van der Waals surface area (Å²) in [6, 6.07) is 16.1. The molecule has 0 aliphatic rings. The number of carbonyl (C=O) groups excluding carboxylic acids is 1. The van der Waals surface area contributed by atoms with Crippen molar-refractivity contribution in [3.8, 4) is 11.4 Å². The lowest BCUT2D eigenvalue weighted by atomic mass is 10.1. The van der Waals surface area contributed by atoms with Gasteiger partial charge < -0.3 is 5.32 Å². The van der Waals surface area contributed by atoms with Gasteiger partial charge in [-0.25, -0.2) is 4.98 Å². The maximum atomic E-state index is 12.2. The highest BCUT2D eigenvalue weighted by atomic mass is 32.2. The third kappa shape index (κ3) is 5.65. The number of aromatic nitrogens is 2. The van der Waals surface area contributed by atoms with Gasteiger partial charge >= 0.3 is 0 Å². The van der Waals surface area contributed by atoms with Crippen molar-refractivity contribution in [2.24, 2.45) is 0 Å². The Balaban J connectivity index is 1.51. The van der Waals surface area contributed by atoms with E-state index in [2.05, 4.69) is 33.7 Å². The standard InChI is InChI=1S/C21H23N3OS2/c1-3-4-8-16-10-12-17(13-11-16)22-19(25)14-26-21-23-20(24-27-21)18-9-6-5-7-15(18)2/h5-7,9-13H,3-4,8,14H2,1-2H3,(H,22,25). The number of hydrogen-bond donors (Lipinski definition) is 1. The van der Waals surface area contributed by atoms with Crippen LogP contribution in [0, 0.1) is 6.92 Å². The number of benzene rings is 2. The molecule has 3 aromatic rings. The van der Waals surface area contributed by atoms with Crippen LogP contribution in [0.4, 0.5) is 5.69 Å². The van der Waals surface area contributed by atoms with Crippen molar-refractivity contribution in [1.82, 2.24) is 9.36 Å². The Hall–Kier alpha value is -2.18. The maximum Gasteiger partial charge on any atom is 0.234 e. The molecule has 27 heavy (non-hydrogen) atoms. The summed E-state index contributed by atoms with van der Waals surface area (Å²) in [7, 11) is 0. The van der Waals surface area contributed by atoms with Crippen LogP contribution in [0.3, 0.4) is 0 Å². The van der Waals surface area contributed by atoms with Crippen molar-refractivity contribution in [2.75, 3.05) is 11.1 Å². The highest BCUT2D eigenvalue weighted by molar-refractivity contribution is 8.01. The van der Waals surface area contributed by atoms with E-state index in [1.165, 1.54) is 41.7 Å². The number of nitrogens with zero attached hydrogens (tertiary/aromatic N) is 2. The van der Waals surface area contributed by atoms with E-state index >= 15 is 0 Å². The highest BCUT2D eigenvalue weighted by Crippen LogP contribution is 2.27. The molecule has 0 unspecified atom stereocenters. The van der Waals surface area contributed by atoms with Gasteiger partial charge in [-0.05, 0) is 54.6 Å². The van der Waals surface area contributed by atoms with Crippen molar-refractivity contribution in [3.05, 3.63) is 59.7 Å². The third-order valence-corrected chi connectivity index (χ3v) is 6.01. The van der Waals surface area contributed by atoms with Crippen LogP contribution in [0.1, 0.15) is 30.9 Å². The smallest absolute Gasteiger partial charge is 0.234 e. The predicted octanol–water partition coefficient (Wildman–Crippen LogP) is 5.59. The average Bonchev–Trinajstić information content (AvgIpc) is 3.15. The molecule has 6 heteroatoms. The summed E-state index contributed by atoms with van der Waals surface area (Å²) in [4.78, 5) is 16.7. The number of anilines is 1. The Labute approximate surface area is 168 Å². The summed E-state index contributed by atoms with van der Waals surface area (Å²) in [5, 5.41) is 2.94. The number of aryl methyl sites for hydroxylation is 2. The molecule has 0 atom stereocenters. The first-order valence-corrected chi connectivity index (χ1v) is 10.8. The summed E-state index contributed by atoms with van der Waals surface area (Å²) in [5.74, 6) is 1.01. The van der Waals surface area contributed by atoms with Crippen LogP contribution in [0.15, 0.2) is 52.9 Å². The Kier molecular flexibility index (Phi) is 7.01. The molecule has 0 aliphatic heterocycles. The number of unbranched alkanes of at least 4 members (excludes halogenated alkanes) is 1. The number of hydrogen-bond acceptors (Lipinski definition) is 5. The molecule has 4 nitrogen and oxygen atoms in total. The molecule has 1 heterocycles. The first kappa shape index (κ1) is 19.6.